The summed E-state index contributed by atoms with van der Waals surface area (Å²) in [5.41, 5.74) is 2.35. The number of hydrogen-bond donors (Lipinski definition) is 1. The molecular weight excluding hydrogens is 240 g/mol. The molecule has 2 aliphatic heterocycles. The molecule has 1 fully saturated rings. The second-order valence-electron chi connectivity index (χ2n) is 5.30. The number of amides is 2. The third-order valence-electron chi connectivity index (χ3n) is 4.03. The number of carbonyl (C=O) groups excluding carboxylic acids is 2. The van der Waals surface area contributed by atoms with Gasteiger partial charge in [0, 0.05) is 13.0 Å². The summed E-state index contributed by atoms with van der Waals surface area (Å²) >= 11 is 0. The predicted octanol–water partition coefficient (Wildman–Crippen LogP) is 1.24. The molecule has 2 heterocycles. The van der Waals surface area contributed by atoms with Crippen molar-refractivity contribution in [3.05, 3.63) is 35.4 Å². The van der Waals surface area contributed by atoms with E-state index in [2.05, 4.69) is 5.32 Å². The maximum atomic E-state index is 12.4. The van der Waals surface area contributed by atoms with E-state index in [0.717, 1.165) is 18.4 Å². The summed E-state index contributed by atoms with van der Waals surface area (Å²) in [5, 5.41) is 2.87. The Labute approximate surface area is 112 Å². The van der Waals surface area contributed by atoms with Crippen molar-refractivity contribution in [2.45, 2.75) is 44.8 Å². The number of rotatable bonds is 2. The van der Waals surface area contributed by atoms with Gasteiger partial charge in [0.25, 0.3) is 0 Å². The average Bonchev–Trinajstić information content (AvgIpc) is 2.43. The van der Waals surface area contributed by atoms with E-state index >= 15 is 0 Å². The Kier molecular flexibility index (Phi) is 3.01. The van der Waals surface area contributed by atoms with Crippen LogP contribution in [0.25, 0.3) is 0 Å². The van der Waals surface area contributed by atoms with Crippen LogP contribution in [0.5, 0.6) is 0 Å². The molecule has 2 aliphatic rings. The average molecular weight is 258 g/mol. The third-order valence-corrected chi connectivity index (χ3v) is 4.03. The van der Waals surface area contributed by atoms with Gasteiger partial charge in [0.1, 0.15) is 12.1 Å². The van der Waals surface area contributed by atoms with Gasteiger partial charge in [-0.3, -0.25) is 9.59 Å². The standard InChI is InChI=1S/C15H18N2O2/c1-2-5-12-15(19)17-9-11-7-4-3-6-10(11)8-13(17)14(18)16-12/h3-4,6-7,12-13H,2,5,8-9H2,1H3,(H,16,18)/t12-,13+/m1/s1. The second kappa shape index (κ2) is 4.68. The molecule has 0 bridgehead atoms. The summed E-state index contributed by atoms with van der Waals surface area (Å²) in [7, 11) is 0. The molecule has 1 aromatic rings. The van der Waals surface area contributed by atoms with Gasteiger partial charge < -0.3 is 10.2 Å². The monoisotopic (exact) mass is 258 g/mol. The minimum Gasteiger partial charge on any atom is -0.342 e. The lowest BCUT2D eigenvalue weighted by molar-refractivity contribution is -0.150. The number of carbonyl (C=O) groups is 2. The van der Waals surface area contributed by atoms with Crippen LogP contribution in [0.15, 0.2) is 24.3 Å². The number of fused-ring (bicyclic) bond motifs is 2. The van der Waals surface area contributed by atoms with Crippen molar-refractivity contribution in [2.24, 2.45) is 0 Å². The van der Waals surface area contributed by atoms with Crippen LogP contribution in [-0.4, -0.2) is 28.8 Å². The molecule has 0 aromatic heterocycles. The maximum absolute atomic E-state index is 12.4. The van der Waals surface area contributed by atoms with Gasteiger partial charge in [-0.1, -0.05) is 37.6 Å². The Balaban J connectivity index is 1.90. The first-order chi connectivity index (χ1) is 9.20. The van der Waals surface area contributed by atoms with Gasteiger partial charge in [0.05, 0.1) is 0 Å². The fraction of sp³-hybridized carbons (Fsp3) is 0.467. The molecular formula is C15H18N2O2. The number of benzene rings is 1. The zero-order valence-electron chi connectivity index (χ0n) is 11.1. The molecule has 2 atom stereocenters. The molecule has 1 N–H and O–H groups in total. The highest BCUT2D eigenvalue weighted by molar-refractivity contribution is 5.97. The van der Waals surface area contributed by atoms with E-state index < -0.39 is 0 Å². The highest BCUT2D eigenvalue weighted by Gasteiger charge is 2.42. The van der Waals surface area contributed by atoms with E-state index in [1.54, 1.807) is 4.90 Å². The highest BCUT2D eigenvalue weighted by atomic mass is 16.2. The summed E-state index contributed by atoms with van der Waals surface area (Å²) in [6.07, 6.45) is 2.24. The fourth-order valence-electron chi connectivity index (χ4n) is 3.00. The van der Waals surface area contributed by atoms with Crippen molar-refractivity contribution in [1.82, 2.24) is 10.2 Å². The van der Waals surface area contributed by atoms with E-state index in [0.29, 0.717) is 13.0 Å². The maximum Gasteiger partial charge on any atom is 0.246 e. The van der Waals surface area contributed by atoms with Gasteiger partial charge in [0.2, 0.25) is 11.8 Å². The molecule has 1 aromatic carbocycles. The SMILES string of the molecule is CCC[C@H]1NC(=O)[C@@H]2Cc3ccccc3CN2C1=O. The molecule has 2 amide bonds. The normalized spacial score (nSPS) is 25.6. The molecule has 3 rings (SSSR count). The van der Waals surface area contributed by atoms with Crippen molar-refractivity contribution >= 4 is 11.8 Å². The molecule has 19 heavy (non-hydrogen) atoms. The summed E-state index contributed by atoms with van der Waals surface area (Å²) in [5.74, 6) is 0.0634. The van der Waals surface area contributed by atoms with Crippen molar-refractivity contribution in [3.8, 4) is 0 Å². The Morgan fingerprint density at radius 2 is 2.00 bits per heavy atom. The lowest BCUT2D eigenvalue weighted by Crippen LogP contribution is -2.64. The van der Waals surface area contributed by atoms with Crippen LogP contribution in [0.4, 0.5) is 0 Å². The van der Waals surface area contributed by atoms with E-state index in [9.17, 15) is 9.59 Å². The number of piperazine rings is 1. The Morgan fingerprint density at radius 3 is 2.74 bits per heavy atom. The zero-order valence-corrected chi connectivity index (χ0v) is 11.1. The minimum absolute atomic E-state index is 0.00690. The molecule has 0 saturated carbocycles. The second-order valence-corrected chi connectivity index (χ2v) is 5.30. The van der Waals surface area contributed by atoms with Crippen molar-refractivity contribution in [1.29, 1.82) is 0 Å². The first-order valence-corrected chi connectivity index (χ1v) is 6.88. The van der Waals surface area contributed by atoms with Crippen molar-refractivity contribution in [2.75, 3.05) is 0 Å². The summed E-state index contributed by atoms with van der Waals surface area (Å²) in [6.45, 7) is 2.59. The van der Waals surface area contributed by atoms with E-state index in [-0.39, 0.29) is 23.9 Å². The number of hydrogen-bond acceptors (Lipinski definition) is 2. The van der Waals surface area contributed by atoms with Gasteiger partial charge in [-0.05, 0) is 17.5 Å². The fourth-order valence-corrected chi connectivity index (χ4v) is 3.00. The van der Waals surface area contributed by atoms with Gasteiger partial charge in [-0.15, -0.1) is 0 Å². The third kappa shape index (κ3) is 2.01. The van der Waals surface area contributed by atoms with E-state index in [1.807, 2.05) is 31.2 Å². The molecule has 0 aliphatic carbocycles. The number of nitrogens with one attached hydrogen (secondary N) is 1. The molecule has 100 valence electrons. The topological polar surface area (TPSA) is 49.4 Å². The van der Waals surface area contributed by atoms with Gasteiger partial charge in [-0.25, -0.2) is 0 Å². The Hall–Kier alpha value is -1.84. The largest absolute Gasteiger partial charge is 0.342 e. The molecule has 1 saturated heterocycles. The molecule has 0 unspecified atom stereocenters. The predicted molar refractivity (Wildman–Crippen MR) is 71.3 cm³/mol. The summed E-state index contributed by atoms with van der Waals surface area (Å²) < 4.78 is 0. The van der Waals surface area contributed by atoms with Gasteiger partial charge >= 0.3 is 0 Å². The lowest BCUT2D eigenvalue weighted by Gasteiger charge is -2.42. The van der Waals surface area contributed by atoms with E-state index in [1.165, 1.54) is 5.56 Å². The lowest BCUT2D eigenvalue weighted by atomic mass is 9.90. The Bertz CT molecular complexity index is 527. The van der Waals surface area contributed by atoms with Crippen LogP contribution in [-0.2, 0) is 22.6 Å². The van der Waals surface area contributed by atoms with Crippen LogP contribution in [0, 0.1) is 0 Å². The van der Waals surface area contributed by atoms with Crippen LogP contribution in [0.3, 0.4) is 0 Å². The first-order valence-electron chi connectivity index (χ1n) is 6.88. The summed E-state index contributed by atoms with van der Waals surface area (Å²) in [6, 6.07) is 7.39. The van der Waals surface area contributed by atoms with Crippen molar-refractivity contribution < 1.29 is 9.59 Å². The quantitative estimate of drug-likeness (QED) is 0.867. The highest BCUT2D eigenvalue weighted by Crippen LogP contribution is 2.26. The van der Waals surface area contributed by atoms with E-state index in [4.69, 9.17) is 0 Å². The zero-order chi connectivity index (χ0) is 13.4. The van der Waals surface area contributed by atoms with Gasteiger partial charge in [-0.2, -0.15) is 0 Å². The minimum atomic E-state index is -0.334. The van der Waals surface area contributed by atoms with Gasteiger partial charge in [0.15, 0.2) is 0 Å². The molecule has 4 heteroatoms. The van der Waals surface area contributed by atoms with Crippen LogP contribution < -0.4 is 5.32 Å². The summed E-state index contributed by atoms with van der Waals surface area (Å²) in [4.78, 5) is 26.3. The van der Waals surface area contributed by atoms with Crippen LogP contribution >= 0.6 is 0 Å². The smallest absolute Gasteiger partial charge is 0.246 e. The molecule has 4 nitrogen and oxygen atoms in total. The first kappa shape index (κ1) is 12.2. The van der Waals surface area contributed by atoms with Crippen LogP contribution in [0.2, 0.25) is 0 Å². The van der Waals surface area contributed by atoms with Crippen molar-refractivity contribution in [3.63, 3.8) is 0 Å². The molecule has 0 spiro atoms. The number of nitrogens with zero attached hydrogens (tertiary/aromatic N) is 1. The molecule has 0 radical (unpaired) electrons. The van der Waals surface area contributed by atoms with Crippen LogP contribution in [0.1, 0.15) is 30.9 Å². The Morgan fingerprint density at radius 1 is 1.26 bits per heavy atom.